The van der Waals surface area contributed by atoms with E-state index >= 15 is 0 Å². The summed E-state index contributed by atoms with van der Waals surface area (Å²) in [4.78, 5) is 18.6. The van der Waals surface area contributed by atoms with Crippen LogP contribution in [0.25, 0.3) is 0 Å². The summed E-state index contributed by atoms with van der Waals surface area (Å²) in [7, 11) is 0. The zero-order valence-electron chi connectivity index (χ0n) is 20.9. The highest BCUT2D eigenvalue weighted by Gasteiger charge is 2.36. The number of benzene rings is 2. The molecule has 0 radical (unpaired) electrons. The lowest BCUT2D eigenvalue weighted by molar-refractivity contribution is -0.132. The fourth-order valence-electron chi connectivity index (χ4n) is 4.94. The van der Waals surface area contributed by atoms with Gasteiger partial charge in [0, 0.05) is 39.6 Å². The van der Waals surface area contributed by atoms with Gasteiger partial charge in [0.15, 0.2) is 0 Å². The molecule has 2 aliphatic heterocycles. The zero-order chi connectivity index (χ0) is 24.5. The van der Waals surface area contributed by atoms with Gasteiger partial charge < -0.3 is 19.5 Å². The first-order valence-corrected chi connectivity index (χ1v) is 12.8. The van der Waals surface area contributed by atoms with E-state index in [0.717, 1.165) is 17.9 Å². The number of para-hydroxylation sites is 1. The minimum Gasteiger partial charge on any atom is -0.492 e. The van der Waals surface area contributed by atoms with Gasteiger partial charge in [-0.05, 0) is 55.8 Å². The van der Waals surface area contributed by atoms with Crippen LogP contribution in [0, 0.1) is 0 Å². The molecule has 0 saturated carbocycles. The first-order valence-electron chi connectivity index (χ1n) is 12.8. The first-order chi connectivity index (χ1) is 17.0. The average molecular weight is 482 g/mol. The first kappa shape index (κ1) is 25.5. The predicted molar refractivity (Wildman–Crippen MR) is 137 cm³/mol. The lowest BCUT2D eigenvalue weighted by Gasteiger charge is -2.32. The van der Waals surface area contributed by atoms with E-state index in [1.807, 2.05) is 42.5 Å². The number of aliphatic hydroxyl groups is 1. The number of piperidine rings is 1. The Morgan fingerprint density at radius 3 is 2.43 bits per heavy atom. The Bertz CT molecular complexity index is 935. The van der Waals surface area contributed by atoms with Gasteiger partial charge in [0.25, 0.3) is 0 Å². The van der Waals surface area contributed by atoms with Crippen molar-refractivity contribution in [3.63, 3.8) is 0 Å². The third kappa shape index (κ3) is 7.95. The highest BCUT2D eigenvalue weighted by atomic mass is 16.5. The molecule has 0 aliphatic carbocycles. The van der Waals surface area contributed by atoms with Crippen LogP contribution in [0.5, 0.6) is 11.5 Å². The molecule has 190 valence electrons. The second-order valence-electron chi connectivity index (χ2n) is 9.88. The molecule has 1 amide bonds. The second-order valence-corrected chi connectivity index (χ2v) is 9.88. The molecular formula is C28H39N3O4. The molecule has 2 aromatic rings. The fraction of sp³-hybridized carbons (Fsp3) is 0.536. The molecule has 1 N–H and O–H groups in total. The van der Waals surface area contributed by atoms with Crippen molar-refractivity contribution < 1.29 is 19.4 Å². The van der Waals surface area contributed by atoms with Crippen molar-refractivity contribution >= 4 is 5.91 Å². The van der Waals surface area contributed by atoms with Crippen LogP contribution in [0.3, 0.4) is 0 Å². The average Bonchev–Trinajstić information content (AvgIpc) is 3.03. The van der Waals surface area contributed by atoms with Gasteiger partial charge in [0.05, 0.1) is 6.54 Å². The molecule has 0 bridgehead atoms. The lowest BCUT2D eigenvalue weighted by Crippen LogP contribution is -2.51. The Hall–Kier alpha value is -2.61. The standard InChI is InChI=1S/C28H39N3O4/c1-24(32)31-16-15-30(21-28(33,22-31)23-35-26-10-4-2-5-11-26)20-25-9-8-12-27(19-25)34-18-17-29-13-6-3-7-14-29/h2,4-5,8-12,19,33H,3,6-7,13-18,20-23H2,1H3. The van der Waals surface area contributed by atoms with Gasteiger partial charge in [0.2, 0.25) is 5.91 Å². The minimum atomic E-state index is -1.17. The maximum atomic E-state index is 12.2. The van der Waals surface area contributed by atoms with Crippen molar-refractivity contribution in [3.8, 4) is 11.5 Å². The summed E-state index contributed by atoms with van der Waals surface area (Å²) in [5.74, 6) is 1.55. The molecule has 2 saturated heterocycles. The minimum absolute atomic E-state index is 0.0333. The Morgan fingerprint density at radius 2 is 1.66 bits per heavy atom. The number of β-amino-alcohol motifs (C(OH)–C–C–N with tert-alkyl or cyclic N) is 1. The zero-order valence-corrected chi connectivity index (χ0v) is 20.9. The van der Waals surface area contributed by atoms with Crippen LogP contribution in [0.1, 0.15) is 31.7 Å². The third-order valence-electron chi connectivity index (χ3n) is 6.81. The van der Waals surface area contributed by atoms with Gasteiger partial charge in [-0.2, -0.15) is 0 Å². The van der Waals surface area contributed by atoms with Crippen LogP contribution in [0.2, 0.25) is 0 Å². The number of carbonyl (C=O) groups excluding carboxylic acids is 1. The quantitative estimate of drug-likeness (QED) is 0.594. The van der Waals surface area contributed by atoms with E-state index in [2.05, 4.69) is 21.9 Å². The summed E-state index contributed by atoms with van der Waals surface area (Å²) in [5, 5.41) is 11.5. The summed E-state index contributed by atoms with van der Waals surface area (Å²) in [6.07, 6.45) is 3.91. The van der Waals surface area contributed by atoms with Gasteiger partial charge in [0.1, 0.15) is 30.3 Å². The SMILES string of the molecule is CC(=O)N1CCN(Cc2cccc(OCCN3CCCCC3)c2)CC(O)(COc2ccccc2)C1. The Balaban J connectivity index is 1.36. The monoisotopic (exact) mass is 481 g/mol. The number of likely N-dealkylation sites (tertiary alicyclic amines) is 1. The van der Waals surface area contributed by atoms with Crippen LogP contribution >= 0.6 is 0 Å². The molecule has 2 aliphatic rings. The highest BCUT2D eigenvalue weighted by Crippen LogP contribution is 2.21. The molecule has 2 heterocycles. The molecule has 35 heavy (non-hydrogen) atoms. The van der Waals surface area contributed by atoms with Crippen molar-refractivity contribution in [2.45, 2.75) is 38.3 Å². The molecule has 7 nitrogen and oxygen atoms in total. The van der Waals surface area contributed by atoms with Crippen molar-refractivity contribution in [1.29, 1.82) is 0 Å². The number of amides is 1. The predicted octanol–water partition coefficient (Wildman–Crippen LogP) is 3.03. The van der Waals surface area contributed by atoms with Gasteiger partial charge >= 0.3 is 0 Å². The molecule has 2 fully saturated rings. The van der Waals surface area contributed by atoms with Crippen molar-refractivity contribution in [1.82, 2.24) is 14.7 Å². The number of hydrogen-bond acceptors (Lipinski definition) is 6. The summed E-state index contributed by atoms with van der Waals surface area (Å²) in [5.41, 5.74) is -0.0383. The maximum absolute atomic E-state index is 12.2. The Kier molecular flexibility index (Phi) is 9.01. The smallest absolute Gasteiger partial charge is 0.219 e. The molecule has 2 aromatic carbocycles. The van der Waals surface area contributed by atoms with E-state index in [1.165, 1.54) is 32.4 Å². The van der Waals surface area contributed by atoms with Gasteiger partial charge in [-0.15, -0.1) is 0 Å². The van der Waals surface area contributed by atoms with Gasteiger partial charge in [-0.1, -0.05) is 36.8 Å². The van der Waals surface area contributed by atoms with E-state index < -0.39 is 5.60 Å². The van der Waals surface area contributed by atoms with Crippen LogP contribution < -0.4 is 9.47 Å². The lowest BCUT2D eigenvalue weighted by atomic mass is 10.0. The van der Waals surface area contributed by atoms with E-state index in [0.29, 0.717) is 38.5 Å². The highest BCUT2D eigenvalue weighted by molar-refractivity contribution is 5.73. The number of ether oxygens (including phenoxy) is 2. The largest absolute Gasteiger partial charge is 0.492 e. The van der Waals surface area contributed by atoms with E-state index in [4.69, 9.17) is 9.47 Å². The molecular weight excluding hydrogens is 442 g/mol. The summed E-state index contributed by atoms with van der Waals surface area (Å²) in [6, 6.07) is 17.7. The van der Waals surface area contributed by atoms with Gasteiger partial charge in [-0.25, -0.2) is 0 Å². The van der Waals surface area contributed by atoms with Crippen molar-refractivity contribution in [2.24, 2.45) is 0 Å². The normalized spacial score (nSPS) is 21.9. The van der Waals surface area contributed by atoms with Crippen LogP contribution in [0.15, 0.2) is 54.6 Å². The van der Waals surface area contributed by atoms with E-state index in [1.54, 1.807) is 11.8 Å². The molecule has 1 atom stereocenters. The third-order valence-corrected chi connectivity index (χ3v) is 6.81. The summed E-state index contributed by atoms with van der Waals surface area (Å²) in [6.45, 7) is 8.29. The van der Waals surface area contributed by atoms with E-state index in [-0.39, 0.29) is 19.1 Å². The fourth-order valence-corrected chi connectivity index (χ4v) is 4.94. The molecule has 1 unspecified atom stereocenters. The number of rotatable bonds is 9. The molecule has 0 aromatic heterocycles. The maximum Gasteiger partial charge on any atom is 0.219 e. The number of hydrogen-bond donors (Lipinski definition) is 1. The Labute approximate surface area is 209 Å². The topological polar surface area (TPSA) is 65.5 Å². The van der Waals surface area contributed by atoms with Crippen LogP contribution in [0.4, 0.5) is 0 Å². The van der Waals surface area contributed by atoms with Crippen LogP contribution in [-0.4, -0.2) is 90.3 Å². The van der Waals surface area contributed by atoms with Crippen molar-refractivity contribution in [3.05, 3.63) is 60.2 Å². The summed E-state index contributed by atoms with van der Waals surface area (Å²) < 4.78 is 12.0. The molecule has 0 spiro atoms. The van der Waals surface area contributed by atoms with E-state index in [9.17, 15) is 9.90 Å². The van der Waals surface area contributed by atoms with Gasteiger partial charge in [-0.3, -0.25) is 14.6 Å². The van der Waals surface area contributed by atoms with Crippen molar-refractivity contribution in [2.75, 3.05) is 59.0 Å². The van der Waals surface area contributed by atoms with Crippen LogP contribution in [-0.2, 0) is 11.3 Å². The molecule has 7 heteroatoms. The summed E-state index contributed by atoms with van der Waals surface area (Å²) >= 11 is 0. The molecule has 4 rings (SSSR count). The Morgan fingerprint density at radius 1 is 0.886 bits per heavy atom. The number of nitrogens with zero attached hydrogens (tertiary/aromatic N) is 3. The second kappa shape index (κ2) is 12.4. The number of carbonyl (C=O) groups is 1.